The van der Waals surface area contributed by atoms with Crippen LogP contribution in [0.25, 0.3) is 0 Å². The Morgan fingerprint density at radius 1 is 1.03 bits per heavy atom. The lowest BCUT2D eigenvalue weighted by atomic mass is 10.1. The lowest BCUT2D eigenvalue weighted by Crippen LogP contribution is -2.55. The zero-order chi connectivity index (χ0) is 22.0. The fourth-order valence-corrected chi connectivity index (χ4v) is 4.59. The Morgan fingerprint density at radius 3 is 2.55 bits per heavy atom. The second-order valence-corrected chi connectivity index (χ2v) is 8.85. The van der Waals surface area contributed by atoms with Gasteiger partial charge in [-0.3, -0.25) is 4.79 Å². The third-order valence-electron chi connectivity index (χ3n) is 6.14. The topological polar surface area (TPSA) is 47.1 Å². The molecule has 0 aliphatic carbocycles. The van der Waals surface area contributed by atoms with Crippen LogP contribution in [0.4, 0.5) is 10.5 Å². The summed E-state index contributed by atoms with van der Waals surface area (Å²) in [4.78, 5) is 33.4. The van der Waals surface area contributed by atoms with E-state index in [4.69, 9.17) is 11.6 Å². The Bertz CT molecular complexity index is 966. The number of rotatable bonds is 5. The van der Waals surface area contributed by atoms with E-state index in [9.17, 15) is 9.59 Å². The standard InChI is InChI=1S/C24H29ClN4O2/c1-18-6-5-8-21(14-18)29-13-12-26(15-19(29)2)23(30)17-28-11-10-27(24(28)31)16-20-7-3-4-9-22(20)25/h3-9,14,19H,10-13,15-17H2,1-2H3/t19-/m1/s1. The first-order valence-electron chi connectivity index (χ1n) is 10.8. The molecule has 0 bridgehead atoms. The van der Waals surface area contributed by atoms with Crippen molar-refractivity contribution in [2.24, 2.45) is 0 Å². The van der Waals surface area contributed by atoms with Crippen molar-refractivity contribution in [3.63, 3.8) is 0 Å². The van der Waals surface area contributed by atoms with Crippen molar-refractivity contribution in [1.29, 1.82) is 0 Å². The van der Waals surface area contributed by atoms with Crippen molar-refractivity contribution in [1.82, 2.24) is 14.7 Å². The molecule has 1 atom stereocenters. The highest BCUT2D eigenvalue weighted by Crippen LogP contribution is 2.23. The van der Waals surface area contributed by atoms with E-state index in [0.717, 1.165) is 12.1 Å². The van der Waals surface area contributed by atoms with E-state index in [2.05, 4.69) is 43.0 Å². The second-order valence-electron chi connectivity index (χ2n) is 8.44. The van der Waals surface area contributed by atoms with E-state index in [0.29, 0.717) is 37.7 Å². The van der Waals surface area contributed by atoms with Gasteiger partial charge in [-0.05, 0) is 43.2 Å². The number of amides is 3. The molecular weight excluding hydrogens is 412 g/mol. The Morgan fingerprint density at radius 2 is 1.81 bits per heavy atom. The predicted octanol–water partition coefficient (Wildman–Crippen LogP) is 3.62. The molecule has 0 spiro atoms. The van der Waals surface area contributed by atoms with Gasteiger partial charge in [0, 0.05) is 56.0 Å². The molecule has 2 aromatic carbocycles. The number of carbonyl (C=O) groups excluding carboxylic acids is 2. The molecule has 0 radical (unpaired) electrons. The molecule has 0 aromatic heterocycles. The van der Waals surface area contributed by atoms with Gasteiger partial charge >= 0.3 is 6.03 Å². The third kappa shape index (κ3) is 4.79. The molecule has 0 unspecified atom stereocenters. The van der Waals surface area contributed by atoms with Gasteiger partial charge in [-0.2, -0.15) is 0 Å². The van der Waals surface area contributed by atoms with E-state index < -0.39 is 0 Å². The Kier molecular flexibility index (Phi) is 6.37. The minimum Gasteiger partial charge on any atom is -0.365 e. The van der Waals surface area contributed by atoms with Gasteiger partial charge < -0.3 is 19.6 Å². The number of hydrogen-bond donors (Lipinski definition) is 0. The monoisotopic (exact) mass is 440 g/mol. The Labute approximate surface area is 189 Å². The average molecular weight is 441 g/mol. The normalized spacial score (nSPS) is 19.3. The maximum absolute atomic E-state index is 12.9. The molecular formula is C24H29ClN4O2. The van der Waals surface area contributed by atoms with Crippen LogP contribution in [-0.4, -0.2) is 71.9 Å². The van der Waals surface area contributed by atoms with Crippen LogP contribution in [0.15, 0.2) is 48.5 Å². The molecule has 164 valence electrons. The molecule has 2 aliphatic heterocycles. The summed E-state index contributed by atoms with van der Waals surface area (Å²) < 4.78 is 0. The summed E-state index contributed by atoms with van der Waals surface area (Å²) in [6.45, 7) is 8.14. The highest BCUT2D eigenvalue weighted by molar-refractivity contribution is 6.31. The molecule has 2 heterocycles. The molecule has 2 fully saturated rings. The average Bonchev–Trinajstić information content (AvgIpc) is 3.09. The minimum absolute atomic E-state index is 0.0173. The summed E-state index contributed by atoms with van der Waals surface area (Å²) in [5.74, 6) is 0.0173. The van der Waals surface area contributed by atoms with E-state index in [-0.39, 0.29) is 24.5 Å². The maximum Gasteiger partial charge on any atom is 0.320 e. The van der Waals surface area contributed by atoms with Gasteiger partial charge in [0.25, 0.3) is 0 Å². The van der Waals surface area contributed by atoms with E-state index >= 15 is 0 Å². The van der Waals surface area contributed by atoms with Crippen molar-refractivity contribution in [3.05, 3.63) is 64.7 Å². The number of urea groups is 1. The lowest BCUT2D eigenvalue weighted by molar-refractivity contribution is -0.132. The molecule has 2 aromatic rings. The number of hydrogen-bond acceptors (Lipinski definition) is 3. The molecule has 7 heteroatoms. The highest BCUT2D eigenvalue weighted by Gasteiger charge is 2.33. The summed E-state index contributed by atoms with van der Waals surface area (Å²) in [7, 11) is 0. The first-order chi connectivity index (χ1) is 14.9. The number of anilines is 1. The van der Waals surface area contributed by atoms with Crippen LogP contribution in [0, 0.1) is 6.92 Å². The lowest BCUT2D eigenvalue weighted by Gasteiger charge is -2.41. The van der Waals surface area contributed by atoms with Crippen LogP contribution < -0.4 is 4.90 Å². The van der Waals surface area contributed by atoms with Crippen LogP contribution in [0.2, 0.25) is 5.02 Å². The number of halogens is 1. The smallest absolute Gasteiger partial charge is 0.320 e. The predicted molar refractivity (Wildman–Crippen MR) is 123 cm³/mol. The van der Waals surface area contributed by atoms with E-state index in [1.807, 2.05) is 29.2 Å². The molecule has 2 saturated heterocycles. The molecule has 6 nitrogen and oxygen atoms in total. The van der Waals surface area contributed by atoms with Crippen molar-refractivity contribution in [2.45, 2.75) is 26.4 Å². The summed E-state index contributed by atoms with van der Waals surface area (Å²) in [6.07, 6.45) is 0. The van der Waals surface area contributed by atoms with Crippen molar-refractivity contribution in [2.75, 3.05) is 44.2 Å². The summed E-state index contributed by atoms with van der Waals surface area (Å²) in [5, 5.41) is 0.658. The SMILES string of the molecule is Cc1cccc(N2CCN(C(=O)CN3CCN(Cc4ccccc4Cl)C3=O)C[C@H]2C)c1. The van der Waals surface area contributed by atoms with E-state index in [1.54, 1.807) is 9.80 Å². The highest BCUT2D eigenvalue weighted by atomic mass is 35.5. The van der Waals surface area contributed by atoms with Gasteiger partial charge in [-0.15, -0.1) is 0 Å². The van der Waals surface area contributed by atoms with Crippen molar-refractivity contribution < 1.29 is 9.59 Å². The number of aryl methyl sites for hydroxylation is 1. The molecule has 0 saturated carbocycles. The first kappa shape index (κ1) is 21.5. The number of carbonyl (C=O) groups is 2. The maximum atomic E-state index is 12.9. The Balaban J connectivity index is 1.32. The third-order valence-corrected chi connectivity index (χ3v) is 6.51. The molecule has 0 N–H and O–H groups in total. The minimum atomic E-state index is -0.0975. The largest absolute Gasteiger partial charge is 0.365 e. The van der Waals surface area contributed by atoms with Crippen molar-refractivity contribution >= 4 is 29.2 Å². The van der Waals surface area contributed by atoms with Crippen LogP contribution >= 0.6 is 11.6 Å². The molecule has 31 heavy (non-hydrogen) atoms. The fourth-order valence-electron chi connectivity index (χ4n) is 4.40. The van der Waals surface area contributed by atoms with Gasteiger partial charge in [0.1, 0.15) is 6.54 Å². The zero-order valence-corrected chi connectivity index (χ0v) is 18.9. The molecule has 3 amide bonds. The molecule has 2 aliphatic rings. The van der Waals surface area contributed by atoms with Crippen LogP contribution in [-0.2, 0) is 11.3 Å². The number of nitrogens with zero attached hydrogens (tertiary/aromatic N) is 4. The molecule has 4 rings (SSSR count). The van der Waals surface area contributed by atoms with Gasteiger partial charge in [-0.25, -0.2) is 4.79 Å². The first-order valence-corrected chi connectivity index (χ1v) is 11.2. The fraction of sp³-hybridized carbons (Fsp3) is 0.417. The summed E-state index contributed by atoms with van der Waals surface area (Å²) >= 11 is 6.23. The number of piperazine rings is 1. The Hall–Kier alpha value is -2.73. The van der Waals surface area contributed by atoms with Gasteiger partial charge in [-0.1, -0.05) is 41.9 Å². The number of benzene rings is 2. The van der Waals surface area contributed by atoms with Crippen LogP contribution in [0.1, 0.15) is 18.1 Å². The van der Waals surface area contributed by atoms with E-state index in [1.165, 1.54) is 11.3 Å². The van der Waals surface area contributed by atoms with Crippen LogP contribution in [0.3, 0.4) is 0 Å². The van der Waals surface area contributed by atoms with Gasteiger partial charge in [0.2, 0.25) is 5.91 Å². The van der Waals surface area contributed by atoms with Crippen molar-refractivity contribution in [3.8, 4) is 0 Å². The quantitative estimate of drug-likeness (QED) is 0.713. The summed E-state index contributed by atoms with van der Waals surface area (Å²) in [5.41, 5.74) is 3.36. The summed E-state index contributed by atoms with van der Waals surface area (Å²) in [6, 6.07) is 16.2. The van der Waals surface area contributed by atoms with Gasteiger partial charge in [0.15, 0.2) is 0 Å². The van der Waals surface area contributed by atoms with Crippen LogP contribution in [0.5, 0.6) is 0 Å². The second kappa shape index (κ2) is 9.18. The van der Waals surface area contributed by atoms with Gasteiger partial charge in [0.05, 0.1) is 0 Å². The zero-order valence-electron chi connectivity index (χ0n) is 18.1.